The summed E-state index contributed by atoms with van der Waals surface area (Å²) in [5, 5.41) is 8.00. The van der Waals surface area contributed by atoms with Gasteiger partial charge in [-0.15, -0.1) is 24.8 Å². The third-order valence-electron chi connectivity index (χ3n) is 6.85. The van der Waals surface area contributed by atoms with Gasteiger partial charge >= 0.3 is 0 Å². The van der Waals surface area contributed by atoms with E-state index in [1.54, 1.807) is 6.42 Å². The quantitative estimate of drug-likeness (QED) is 0.752. The highest BCUT2D eigenvalue weighted by atomic mass is 35.5. The summed E-state index contributed by atoms with van der Waals surface area (Å²) in [6.45, 7) is 9.50. The summed E-state index contributed by atoms with van der Waals surface area (Å²) >= 11 is 0. The van der Waals surface area contributed by atoms with Crippen molar-refractivity contribution >= 4 is 24.8 Å². The van der Waals surface area contributed by atoms with Gasteiger partial charge in [0.25, 0.3) is 0 Å². The molecule has 4 bridgehead atoms. The molecule has 5 fully saturated rings. The Balaban J connectivity index is 0.000000960. The van der Waals surface area contributed by atoms with Crippen molar-refractivity contribution in [2.45, 2.75) is 95.8 Å². The van der Waals surface area contributed by atoms with Crippen molar-refractivity contribution in [3.63, 3.8) is 0 Å². The second-order valence-electron chi connectivity index (χ2n) is 10.1. The van der Waals surface area contributed by atoms with E-state index in [1.165, 1.54) is 38.5 Å². The molecule has 0 aromatic heterocycles. The molecule has 0 unspecified atom stereocenters. The zero-order chi connectivity index (χ0) is 14.8. The van der Waals surface area contributed by atoms with Gasteiger partial charge in [-0.25, -0.2) is 0 Å². The van der Waals surface area contributed by atoms with Gasteiger partial charge in [0, 0.05) is 23.2 Å². The molecule has 0 aromatic rings. The van der Waals surface area contributed by atoms with Gasteiger partial charge in [0.1, 0.15) is 0 Å². The van der Waals surface area contributed by atoms with Crippen LogP contribution in [-0.2, 0) is 0 Å². The van der Waals surface area contributed by atoms with E-state index in [0.29, 0.717) is 6.04 Å². The molecule has 0 spiro atoms. The molecule has 2 N–H and O–H groups in total. The SMILES string of the molecule is CC1(C)CC(NC2C3CC4CC(C3)CC2C4)CC(C)(C)N1.Cl.Cl. The summed E-state index contributed by atoms with van der Waals surface area (Å²) in [5.41, 5.74) is 0.538. The summed E-state index contributed by atoms with van der Waals surface area (Å²) in [4.78, 5) is 0. The van der Waals surface area contributed by atoms with E-state index >= 15 is 0 Å². The van der Waals surface area contributed by atoms with Crippen molar-refractivity contribution in [1.29, 1.82) is 0 Å². The predicted molar refractivity (Wildman–Crippen MR) is 103 cm³/mol. The molecule has 0 amide bonds. The average molecular weight is 363 g/mol. The maximum atomic E-state index is 4.17. The fraction of sp³-hybridized carbons (Fsp3) is 1.00. The molecule has 1 saturated heterocycles. The Morgan fingerprint density at radius 1 is 0.739 bits per heavy atom. The van der Waals surface area contributed by atoms with Gasteiger partial charge in [-0.1, -0.05) is 0 Å². The third-order valence-corrected chi connectivity index (χ3v) is 6.85. The predicted octanol–water partition coefficient (Wildman–Crippen LogP) is 4.55. The largest absolute Gasteiger partial charge is 0.311 e. The van der Waals surface area contributed by atoms with Crippen LogP contribution in [0, 0.1) is 23.7 Å². The van der Waals surface area contributed by atoms with Gasteiger partial charge in [0.05, 0.1) is 0 Å². The second kappa shape index (κ2) is 6.67. The normalized spacial score (nSPS) is 43.6. The van der Waals surface area contributed by atoms with Crippen LogP contribution in [-0.4, -0.2) is 23.2 Å². The van der Waals surface area contributed by atoms with E-state index in [4.69, 9.17) is 0 Å². The molecule has 5 aliphatic rings. The molecule has 0 aromatic carbocycles. The highest BCUT2D eigenvalue weighted by Crippen LogP contribution is 2.54. The Bertz CT molecular complexity index is 378. The molecule has 2 nitrogen and oxygen atoms in total. The number of rotatable bonds is 2. The minimum absolute atomic E-state index is 0. The highest BCUT2D eigenvalue weighted by Gasteiger charge is 2.49. The van der Waals surface area contributed by atoms with Crippen LogP contribution in [0.25, 0.3) is 0 Å². The van der Waals surface area contributed by atoms with Crippen LogP contribution in [0.15, 0.2) is 0 Å². The van der Waals surface area contributed by atoms with Crippen molar-refractivity contribution < 1.29 is 0 Å². The monoisotopic (exact) mass is 362 g/mol. The number of nitrogens with one attached hydrogen (secondary N) is 2. The Kier molecular flexibility index (Phi) is 5.74. The lowest BCUT2D eigenvalue weighted by Crippen LogP contribution is -2.65. The van der Waals surface area contributed by atoms with Crippen LogP contribution in [0.2, 0.25) is 0 Å². The lowest BCUT2D eigenvalue weighted by molar-refractivity contribution is -0.0234. The van der Waals surface area contributed by atoms with Crippen LogP contribution < -0.4 is 10.6 Å². The topological polar surface area (TPSA) is 24.1 Å². The van der Waals surface area contributed by atoms with Gasteiger partial charge in [-0.05, 0) is 96.3 Å². The Morgan fingerprint density at radius 3 is 1.61 bits per heavy atom. The first-order chi connectivity index (χ1) is 9.80. The molecule has 1 heterocycles. The molecule has 0 radical (unpaired) electrons. The standard InChI is InChI=1S/C19H34N2.2ClH/c1-18(2)10-16(11-19(3,4)21-18)20-17-14-6-12-5-13(8-14)9-15(17)7-12;;/h12-17,20-21H,5-11H2,1-4H3;2*1H. The molecule has 4 saturated carbocycles. The van der Waals surface area contributed by atoms with Crippen molar-refractivity contribution in [1.82, 2.24) is 10.6 Å². The van der Waals surface area contributed by atoms with E-state index in [9.17, 15) is 0 Å². The molecule has 1 aliphatic heterocycles. The van der Waals surface area contributed by atoms with Gasteiger partial charge in [0.2, 0.25) is 0 Å². The van der Waals surface area contributed by atoms with E-state index in [2.05, 4.69) is 38.3 Å². The van der Waals surface area contributed by atoms with E-state index in [1.807, 2.05) is 0 Å². The molecule has 4 heteroatoms. The third kappa shape index (κ3) is 4.02. The summed E-state index contributed by atoms with van der Waals surface area (Å²) in [6, 6.07) is 1.55. The van der Waals surface area contributed by atoms with E-state index in [-0.39, 0.29) is 35.9 Å². The highest BCUT2D eigenvalue weighted by molar-refractivity contribution is 5.85. The molecule has 0 atom stereocenters. The Morgan fingerprint density at radius 2 is 1.17 bits per heavy atom. The first kappa shape index (κ1) is 19.8. The van der Waals surface area contributed by atoms with Crippen molar-refractivity contribution in [3.8, 4) is 0 Å². The minimum Gasteiger partial charge on any atom is -0.311 e. The van der Waals surface area contributed by atoms with Crippen molar-refractivity contribution in [3.05, 3.63) is 0 Å². The zero-order valence-electron chi connectivity index (χ0n) is 15.2. The number of halogens is 2. The van der Waals surface area contributed by atoms with Gasteiger partial charge in [0.15, 0.2) is 0 Å². The number of hydrogen-bond donors (Lipinski definition) is 2. The van der Waals surface area contributed by atoms with Crippen LogP contribution >= 0.6 is 24.8 Å². The smallest absolute Gasteiger partial charge is 0.0144 e. The lowest BCUT2D eigenvalue weighted by atomic mass is 9.54. The van der Waals surface area contributed by atoms with E-state index in [0.717, 1.165) is 29.7 Å². The molecular weight excluding hydrogens is 327 g/mol. The first-order valence-corrected chi connectivity index (χ1v) is 9.35. The minimum atomic E-state index is 0. The lowest BCUT2D eigenvalue weighted by Gasteiger charge is -2.56. The molecule has 23 heavy (non-hydrogen) atoms. The summed E-state index contributed by atoms with van der Waals surface area (Å²) in [6.07, 6.45) is 10.2. The molecule has 5 rings (SSSR count). The fourth-order valence-corrected chi connectivity index (χ4v) is 6.91. The maximum absolute atomic E-state index is 4.17. The molecular formula is C19H36Cl2N2. The van der Waals surface area contributed by atoms with Crippen LogP contribution in [0.1, 0.15) is 72.6 Å². The van der Waals surface area contributed by atoms with Gasteiger partial charge in [-0.2, -0.15) is 0 Å². The van der Waals surface area contributed by atoms with Crippen LogP contribution in [0.5, 0.6) is 0 Å². The van der Waals surface area contributed by atoms with Crippen LogP contribution in [0.3, 0.4) is 0 Å². The summed E-state index contributed by atoms with van der Waals surface area (Å²) < 4.78 is 0. The second-order valence-corrected chi connectivity index (χ2v) is 10.1. The number of piperidine rings is 1. The van der Waals surface area contributed by atoms with Crippen molar-refractivity contribution in [2.75, 3.05) is 0 Å². The van der Waals surface area contributed by atoms with Gasteiger partial charge in [-0.3, -0.25) is 0 Å². The summed E-state index contributed by atoms with van der Waals surface area (Å²) in [7, 11) is 0. The zero-order valence-corrected chi connectivity index (χ0v) is 16.9. The first-order valence-electron chi connectivity index (χ1n) is 9.35. The average Bonchev–Trinajstić information content (AvgIpc) is 2.28. The van der Waals surface area contributed by atoms with Crippen LogP contribution in [0.4, 0.5) is 0 Å². The molecule has 4 aliphatic carbocycles. The maximum Gasteiger partial charge on any atom is 0.0144 e. The molecule has 136 valence electrons. The fourth-order valence-electron chi connectivity index (χ4n) is 6.91. The Labute approximate surface area is 155 Å². The summed E-state index contributed by atoms with van der Waals surface area (Å²) in [5.74, 6) is 4.18. The van der Waals surface area contributed by atoms with E-state index < -0.39 is 0 Å². The van der Waals surface area contributed by atoms with Gasteiger partial charge < -0.3 is 10.6 Å². The Hall–Kier alpha value is 0.500. The number of hydrogen-bond acceptors (Lipinski definition) is 2. The van der Waals surface area contributed by atoms with Crippen molar-refractivity contribution in [2.24, 2.45) is 23.7 Å².